The van der Waals surface area contributed by atoms with Crippen LogP contribution in [0.25, 0.3) is 0 Å². The Balaban J connectivity index is 2.45. The van der Waals surface area contributed by atoms with Crippen LogP contribution in [0.2, 0.25) is 0 Å². The molecule has 0 spiro atoms. The third kappa shape index (κ3) is 3.89. The van der Waals surface area contributed by atoms with Gasteiger partial charge in [-0.15, -0.1) is 5.10 Å². The molecular weight excluding hydrogens is 202 g/mol. The van der Waals surface area contributed by atoms with Gasteiger partial charge in [0, 0.05) is 0 Å². The van der Waals surface area contributed by atoms with Gasteiger partial charge in [0.2, 0.25) is 0 Å². The molecule has 0 aliphatic heterocycles. The molecule has 5 heteroatoms. The van der Waals surface area contributed by atoms with Crippen LogP contribution in [0, 0.1) is 5.92 Å². The standard InChI is InChI=1S/C11H23N5/c1-9(2)6-5-7-10(3)16-11(8-12-4)13-14-15-16/h9-10,12H,5-8H2,1-4H3. The number of hydrogen-bond donors (Lipinski definition) is 1. The molecule has 1 aromatic heterocycles. The zero-order valence-electron chi connectivity index (χ0n) is 10.8. The van der Waals surface area contributed by atoms with Crippen LogP contribution in [0.15, 0.2) is 0 Å². The van der Waals surface area contributed by atoms with Gasteiger partial charge in [0.1, 0.15) is 0 Å². The van der Waals surface area contributed by atoms with Gasteiger partial charge in [0.25, 0.3) is 0 Å². The molecule has 1 atom stereocenters. The van der Waals surface area contributed by atoms with Crippen molar-refractivity contribution in [2.45, 2.75) is 52.6 Å². The third-order valence-corrected chi connectivity index (χ3v) is 2.72. The Morgan fingerprint density at radius 2 is 2.00 bits per heavy atom. The SMILES string of the molecule is CNCc1nnnn1C(C)CCCC(C)C. The van der Waals surface area contributed by atoms with Gasteiger partial charge in [-0.05, 0) is 36.7 Å². The van der Waals surface area contributed by atoms with E-state index in [9.17, 15) is 0 Å². The summed E-state index contributed by atoms with van der Waals surface area (Å²) in [5, 5.41) is 14.9. The van der Waals surface area contributed by atoms with Gasteiger partial charge in [-0.3, -0.25) is 0 Å². The summed E-state index contributed by atoms with van der Waals surface area (Å²) >= 11 is 0. The van der Waals surface area contributed by atoms with Gasteiger partial charge in [0.05, 0.1) is 12.6 Å². The van der Waals surface area contributed by atoms with Crippen LogP contribution >= 0.6 is 0 Å². The summed E-state index contributed by atoms with van der Waals surface area (Å²) in [7, 11) is 1.91. The summed E-state index contributed by atoms with van der Waals surface area (Å²) in [4.78, 5) is 0. The molecule has 1 N–H and O–H groups in total. The highest BCUT2D eigenvalue weighted by Gasteiger charge is 2.11. The first-order chi connectivity index (χ1) is 7.65. The second-order valence-corrected chi connectivity index (χ2v) is 4.74. The summed E-state index contributed by atoms with van der Waals surface area (Å²) < 4.78 is 1.93. The van der Waals surface area contributed by atoms with Gasteiger partial charge >= 0.3 is 0 Å². The van der Waals surface area contributed by atoms with E-state index in [1.165, 1.54) is 12.8 Å². The molecule has 1 unspecified atom stereocenters. The quantitative estimate of drug-likeness (QED) is 0.768. The van der Waals surface area contributed by atoms with Crippen molar-refractivity contribution in [3.8, 4) is 0 Å². The van der Waals surface area contributed by atoms with E-state index < -0.39 is 0 Å². The molecule has 0 aliphatic rings. The van der Waals surface area contributed by atoms with E-state index in [1.54, 1.807) is 0 Å². The minimum Gasteiger partial charge on any atom is -0.313 e. The van der Waals surface area contributed by atoms with E-state index in [0.717, 1.165) is 24.7 Å². The van der Waals surface area contributed by atoms with Crippen LogP contribution in [0.4, 0.5) is 0 Å². The second kappa shape index (κ2) is 6.58. The Labute approximate surface area is 97.6 Å². The molecule has 0 fully saturated rings. The van der Waals surface area contributed by atoms with Crippen LogP contribution < -0.4 is 5.32 Å². The van der Waals surface area contributed by atoms with Crippen LogP contribution in [-0.2, 0) is 6.54 Å². The number of aromatic nitrogens is 4. The molecule has 1 heterocycles. The molecule has 5 nitrogen and oxygen atoms in total. The fraction of sp³-hybridized carbons (Fsp3) is 0.909. The normalized spacial score (nSPS) is 13.3. The van der Waals surface area contributed by atoms with Crippen molar-refractivity contribution >= 4 is 0 Å². The maximum atomic E-state index is 4.05. The zero-order valence-corrected chi connectivity index (χ0v) is 10.8. The molecule has 0 radical (unpaired) electrons. The lowest BCUT2D eigenvalue weighted by Gasteiger charge is -2.13. The number of tetrazole rings is 1. The lowest BCUT2D eigenvalue weighted by molar-refractivity contribution is 0.398. The first-order valence-corrected chi connectivity index (χ1v) is 6.06. The Morgan fingerprint density at radius 3 is 2.62 bits per heavy atom. The van der Waals surface area contributed by atoms with Crippen molar-refractivity contribution in [1.82, 2.24) is 25.5 Å². The van der Waals surface area contributed by atoms with E-state index >= 15 is 0 Å². The van der Waals surface area contributed by atoms with Gasteiger partial charge in [-0.25, -0.2) is 4.68 Å². The van der Waals surface area contributed by atoms with Crippen molar-refractivity contribution in [2.75, 3.05) is 7.05 Å². The van der Waals surface area contributed by atoms with Crippen molar-refractivity contribution in [3.05, 3.63) is 5.82 Å². The largest absolute Gasteiger partial charge is 0.313 e. The number of hydrogen-bond acceptors (Lipinski definition) is 4. The first-order valence-electron chi connectivity index (χ1n) is 6.06. The van der Waals surface area contributed by atoms with Crippen molar-refractivity contribution in [3.63, 3.8) is 0 Å². The molecule has 0 amide bonds. The molecule has 0 saturated carbocycles. The Bertz CT molecular complexity index is 294. The fourth-order valence-electron chi connectivity index (χ4n) is 1.77. The van der Waals surface area contributed by atoms with E-state index in [4.69, 9.17) is 0 Å². The lowest BCUT2D eigenvalue weighted by Crippen LogP contribution is -2.16. The third-order valence-electron chi connectivity index (χ3n) is 2.72. The molecule has 1 aromatic rings. The highest BCUT2D eigenvalue weighted by molar-refractivity contribution is 4.82. The highest BCUT2D eigenvalue weighted by Crippen LogP contribution is 2.16. The van der Waals surface area contributed by atoms with Gasteiger partial charge in [-0.1, -0.05) is 26.7 Å². The average molecular weight is 225 g/mol. The summed E-state index contributed by atoms with van der Waals surface area (Å²) in [6.45, 7) is 7.42. The summed E-state index contributed by atoms with van der Waals surface area (Å²) in [6.07, 6.45) is 3.64. The monoisotopic (exact) mass is 225 g/mol. The van der Waals surface area contributed by atoms with Crippen LogP contribution in [0.1, 0.15) is 51.9 Å². The van der Waals surface area contributed by atoms with E-state index in [0.29, 0.717) is 6.04 Å². The molecule has 92 valence electrons. The van der Waals surface area contributed by atoms with E-state index in [2.05, 4.69) is 41.6 Å². The average Bonchev–Trinajstić information content (AvgIpc) is 2.66. The maximum Gasteiger partial charge on any atom is 0.165 e. The van der Waals surface area contributed by atoms with Crippen molar-refractivity contribution < 1.29 is 0 Å². The van der Waals surface area contributed by atoms with E-state index in [-0.39, 0.29) is 0 Å². The number of nitrogens with one attached hydrogen (secondary N) is 1. The molecule has 16 heavy (non-hydrogen) atoms. The van der Waals surface area contributed by atoms with Crippen molar-refractivity contribution in [1.29, 1.82) is 0 Å². The number of nitrogens with zero attached hydrogens (tertiary/aromatic N) is 4. The second-order valence-electron chi connectivity index (χ2n) is 4.74. The molecule has 0 aliphatic carbocycles. The fourth-order valence-corrected chi connectivity index (χ4v) is 1.77. The van der Waals surface area contributed by atoms with E-state index in [1.807, 2.05) is 11.7 Å². The minimum absolute atomic E-state index is 0.386. The number of rotatable bonds is 7. The van der Waals surface area contributed by atoms with Gasteiger partial charge in [0.15, 0.2) is 5.82 Å². The van der Waals surface area contributed by atoms with Crippen LogP contribution in [-0.4, -0.2) is 27.3 Å². The van der Waals surface area contributed by atoms with Crippen LogP contribution in [0.3, 0.4) is 0 Å². The summed E-state index contributed by atoms with van der Waals surface area (Å²) in [5.41, 5.74) is 0. The predicted octanol–water partition coefficient (Wildman–Crippen LogP) is 1.78. The molecule has 1 rings (SSSR count). The molecule has 0 bridgehead atoms. The van der Waals surface area contributed by atoms with Crippen LogP contribution in [0.5, 0.6) is 0 Å². The first kappa shape index (κ1) is 13.1. The predicted molar refractivity (Wildman–Crippen MR) is 64.0 cm³/mol. The van der Waals surface area contributed by atoms with Gasteiger partial charge < -0.3 is 5.32 Å². The van der Waals surface area contributed by atoms with Gasteiger partial charge in [-0.2, -0.15) is 0 Å². The Morgan fingerprint density at radius 1 is 1.25 bits per heavy atom. The summed E-state index contributed by atoms with van der Waals surface area (Å²) in [6, 6.07) is 0.386. The maximum absolute atomic E-state index is 4.05. The molecule has 0 aromatic carbocycles. The minimum atomic E-state index is 0.386. The topological polar surface area (TPSA) is 55.6 Å². The zero-order chi connectivity index (χ0) is 12.0. The lowest BCUT2D eigenvalue weighted by atomic mass is 10.0. The Hall–Kier alpha value is -0.970. The highest BCUT2D eigenvalue weighted by atomic mass is 15.5. The Kier molecular flexibility index (Phi) is 5.38. The van der Waals surface area contributed by atoms with Crippen molar-refractivity contribution in [2.24, 2.45) is 5.92 Å². The molecular formula is C11H23N5. The summed E-state index contributed by atoms with van der Waals surface area (Å²) in [5.74, 6) is 1.69. The smallest absolute Gasteiger partial charge is 0.165 e. The molecule has 0 saturated heterocycles.